The molecule has 1 aromatic carbocycles. The van der Waals surface area contributed by atoms with E-state index in [0.717, 1.165) is 6.07 Å². The SMILES string of the molecule is COc1ccc(F)cc1C(=O)c1cnc(NC2CCN(S(=O)(=O)CCCN[C@@H](CO)C(C)C)CC2)nc1N. The third-order valence-corrected chi connectivity index (χ3v) is 8.59. The molecule has 3 rings (SSSR count). The highest BCUT2D eigenvalue weighted by Crippen LogP contribution is 2.25. The van der Waals surface area contributed by atoms with Crippen LogP contribution in [0.2, 0.25) is 0 Å². The molecule has 1 aromatic heterocycles. The number of ketones is 1. The van der Waals surface area contributed by atoms with Crippen LogP contribution in [-0.2, 0) is 10.0 Å². The first kappa shape index (κ1) is 29.7. The van der Waals surface area contributed by atoms with Crippen molar-refractivity contribution >= 4 is 27.6 Å². The number of methoxy groups -OCH3 is 1. The van der Waals surface area contributed by atoms with E-state index in [-0.39, 0.29) is 59.0 Å². The fourth-order valence-electron chi connectivity index (χ4n) is 4.29. The minimum Gasteiger partial charge on any atom is -0.496 e. The van der Waals surface area contributed by atoms with Crippen molar-refractivity contribution in [3.8, 4) is 5.75 Å². The molecule has 11 nitrogen and oxygen atoms in total. The zero-order chi connectivity index (χ0) is 27.9. The molecule has 38 heavy (non-hydrogen) atoms. The molecule has 13 heteroatoms. The van der Waals surface area contributed by atoms with Crippen LogP contribution >= 0.6 is 0 Å². The number of halogens is 1. The summed E-state index contributed by atoms with van der Waals surface area (Å²) in [6.45, 7) is 5.26. The first-order chi connectivity index (χ1) is 18.1. The summed E-state index contributed by atoms with van der Waals surface area (Å²) in [5.74, 6) is -0.472. The average molecular weight is 553 g/mol. The largest absolute Gasteiger partial charge is 0.496 e. The highest BCUT2D eigenvalue weighted by atomic mass is 32.2. The van der Waals surface area contributed by atoms with Crippen LogP contribution in [0.3, 0.4) is 0 Å². The van der Waals surface area contributed by atoms with Crippen LogP contribution in [-0.4, -0.2) is 84.8 Å². The van der Waals surface area contributed by atoms with E-state index in [9.17, 15) is 22.7 Å². The number of rotatable bonds is 13. The summed E-state index contributed by atoms with van der Waals surface area (Å²) in [4.78, 5) is 21.3. The molecule has 0 saturated carbocycles. The number of nitrogens with one attached hydrogen (secondary N) is 2. The van der Waals surface area contributed by atoms with Gasteiger partial charge in [0, 0.05) is 31.4 Å². The minimum absolute atomic E-state index is 0.0148. The summed E-state index contributed by atoms with van der Waals surface area (Å²) in [5, 5.41) is 15.7. The van der Waals surface area contributed by atoms with Gasteiger partial charge in [0.25, 0.3) is 0 Å². The number of hydrogen-bond acceptors (Lipinski definition) is 10. The molecule has 0 bridgehead atoms. The number of aliphatic hydroxyl groups excluding tert-OH is 1. The van der Waals surface area contributed by atoms with Gasteiger partial charge in [-0.2, -0.15) is 4.98 Å². The Morgan fingerprint density at radius 2 is 2.00 bits per heavy atom. The molecule has 0 spiro atoms. The van der Waals surface area contributed by atoms with Crippen molar-refractivity contribution in [1.82, 2.24) is 19.6 Å². The van der Waals surface area contributed by atoms with Gasteiger partial charge in [-0.3, -0.25) is 4.79 Å². The molecule has 0 radical (unpaired) electrons. The van der Waals surface area contributed by atoms with Gasteiger partial charge in [-0.1, -0.05) is 13.8 Å². The Morgan fingerprint density at radius 1 is 1.29 bits per heavy atom. The van der Waals surface area contributed by atoms with Gasteiger partial charge in [-0.05, 0) is 49.9 Å². The number of aromatic nitrogens is 2. The molecule has 0 aliphatic carbocycles. The van der Waals surface area contributed by atoms with Crippen LogP contribution in [0, 0.1) is 11.7 Å². The normalized spacial score (nSPS) is 15.9. The van der Waals surface area contributed by atoms with Crippen LogP contribution < -0.4 is 21.1 Å². The Morgan fingerprint density at radius 3 is 2.61 bits per heavy atom. The first-order valence-electron chi connectivity index (χ1n) is 12.6. The van der Waals surface area contributed by atoms with Gasteiger partial charge in [0.1, 0.15) is 17.4 Å². The predicted octanol–water partition coefficient (Wildman–Crippen LogP) is 1.64. The molecule has 1 saturated heterocycles. The van der Waals surface area contributed by atoms with Crippen LogP contribution in [0.15, 0.2) is 24.4 Å². The lowest BCUT2D eigenvalue weighted by Gasteiger charge is -2.31. The lowest BCUT2D eigenvalue weighted by atomic mass is 10.0. The second-order valence-electron chi connectivity index (χ2n) is 9.64. The maximum Gasteiger partial charge on any atom is 0.224 e. The maximum absolute atomic E-state index is 13.7. The second kappa shape index (κ2) is 13.3. The number of nitrogens with two attached hydrogens (primary N) is 1. The molecule has 2 aromatic rings. The summed E-state index contributed by atoms with van der Waals surface area (Å²) >= 11 is 0. The predicted molar refractivity (Wildman–Crippen MR) is 143 cm³/mol. The Labute approximate surface area is 223 Å². The zero-order valence-electron chi connectivity index (χ0n) is 22.0. The van der Waals surface area contributed by atoms with E-state index >= 15 is 0 Å². The zero-order valence-corrected chi connectivity index (χ0v) is 22.8. The number of piperidine rings is 1. The third kappa shape index (κ3) is 7.59. The van der Waals surface area contributed by atoms with E-state index in [4.69, 9.17) is 10.5 Å². The molecule has 210 valence electrons. The Hall–Kier alpha value is -2.87. The molecule has 5 N–H and O–H groups in total. The number of anilines is 2. The quantitative estimate of drug-likeness (QED) is 0.212. The van der Waals surface area contributed by atoms with Crippen molar-refractivity contribution in [3.63, 3.8) is 0 Å². The van der Waals surface area contributed by atoms with Crippen LogP contribution in [0.4, 0.5) is 16.2 Å². The minimum atomic E-state index is -3.38. The van der Waals surface area contributed by atoms with E-state index in [1.54, 1.807) is 0 Å². The van der Waals surface area contributed by atoms with E-state index in [2.05, 4.69) is 20.6 Å². The van der Waals surface area contributed by atoms with Gasteiger partial charge in [-0.25, -0.2) is 22.1 Å². The van der Waals surface area contributed by atoms with Crippen molar-refractivity contribution in [2.75, 3.05) is 50.2 Å². The van der Waals surface area contributed by atoms with Crippen molar-refractivity contribution in [2.45, 2.75) is 45.2 Å². The van der Waals surface area contributed by atoms with Crippen LogP contribution in [0.25, 0.3) is 0 Å². The van der Waals surface area contributed by atoms with E-state index in [1.165, 1.54) is 29.7 Å². The summed E-state index contributed by atoms with van der Waals surface area (Å²) in [5.41, 5.74) is 6.06. The standard InChI is InChI=1S/C25H37FN6O5S/c1-16(2)21(15-33)28-9-4-12-38(35,36)32-10-7-18(8-11-32)30-25-29-14-20(24(27)31-25)23(34)19-13-17(26)5-6-22(19)37-3/h5-6,13-14,16,18,21,28,33H,4,7-12,15H2,1-3H3,(H3,27,29,30,31)/t21-/m0/s1. The number of hydrogen-bond donors (Lipinski definition) is 4. The number of sulfonamides is 1. The molecule has 1 aliphatic rings. The summed E-state index contributed by atoms with van der Waals surface area (Å²) in [7, 11) is -2.00. The monoisotopic (exact) mass is 552 g/mol. The summed E-state index contributed by atoms with van der Waals surface area (Å²) in [6, 6.07) is 3.51. The number of nitrogens with zero attached hydrogens (tertiary/aromatic N) is 3. The van der Waals surface area contributed by atoms with Crippen molar-refractivity contribution in [1.29, 1.82) is 0 Å². The van der Waals surface area contributed by atoms with Gasteiger partial charge < -0.3 is 26.2 Å². The number of carbonyl (C=O) groups is 1. The molecule has 1 fully saturated rings. The fraction of sp³-hybridized carbons (Fsp3) is 0.560. The second-order valence-corrected chi connectivity index (χ2v) is 11.7. The fourth-order valence-corrected chi connectivity index (χ4v) is 5.82. The van der Waals surface area contributed by atoms with E-state index < -0.39 is 21.6 Å². The number of benzene rings is 1. The summed E-state index contributed by atoms with van der Waals surface area (Å²) in [6.07, 6.45) is 2.86. The van der Waals surface area contributed by atoms with Crippen LogP contribution in [0.5, 0.6) is 5.75 Å². The molecule has 1 atom stereocenters. The number of nitrogen functional groups attached to an aromatic ring is 1. The first-order valence-corrected chi connectivity index (χ1v) is 14.3. The van der Waals surface area contributed by atoms with Gasteiger partial charge in [-0.15, -0.1) is 0 Å². The molecule has 0 amide bonds. The van der Waals surface area contributed by atoms with E-state index in [0.29, 0.717) is 38.9 Å². The lowest BCUT2D eigenvalue weighted by molar-refractivity contribution is 0.103. The maximum atomic E-state index is 13.7. The topological polar surface area (TPSA) is 160 Å². The number of carbonyl (C=O) groups excluding carboxylic acids is 1. The van der Waals surface area contributed by atoms with Gasteiger partial charge in [0.05, 0.1) is 30.6 Å². The van der Waals surface area contributed by atoms with Crippen molar-refractivity contribution in [3.05, 3.63) is 41.3 Å². The highest BCUT2D eigenvalue weighted by Gasteiger charge is 2.28. The highest BCUT2D eigenvalue weighted by molar-refractivity contribution is 7.89. The van der Waals surface area contributed by atoms with Crippen molar-refractivity contribution < 1.29 is 27.4 Å². The molecule has 2 heterocycles. The Balaban J connectivity index is 1.53. The van der Waals surface area contributed by atoms with Gasteiger partial charge in [0.15, 0.2) is 0 Å². The Bertz CT molecular complexity index is 1200. The van der Waals surface area contributed by atoms with Gasteiger partial charge >= 0.3 is 0 Å². The van der Waals surface area contributed by atoms with Gasteiger partial charge in [0.2, 0.25) is 21.8 Å². The number of ether oxygens (including phenoxy) is 1. The molecular formula is C25H37FN6O5S. The number of aliphatic hydroxyl groups is 1. The third-order valence-electron chi connectivity index (χ3n) is 6.64. The lowest BCUT2D eigenvalue weighted by Crippen LogP contribution is -2.44. The molecular weight excluding hydrogens is 515 g/mol. The Kier molecular flexibility index (Phi) is 10.4. The van der Waals surface area contributed by atoms with Crippen LogP contribution in [0.1, 0.15) is 49.0 Å². The smallest absolute Gasteiger partial charge is 0.224 e. The molecule has 0 unspecified atom stereocenters. The van der Waals surface area contributed by atoms with Crippen molar-refractivity contribution in [2.24, 2.45) is 5.92 Å². The molecule has 1 aliphatic heterocycles. The van der Waals surface area contributed by atoms with E-state index in [1.807, 2.05) is 13.8 Å². The average Bonchev–Trinajstić information content (AvgIpc) is 2.88. The summed E-state index contributed by atoms with van der Waals surface area (Å²) < 4.78 is 45.9.